The van der Waals surface area contributed by atoms with E-state index < -0.39 is 0 Å². The molecule has 4 heteroatoms. The molecule has 20 heavy (non-hydrogen) atoms. The molecule has 0 aliphatic rings. The predicted molar refractivity (Wildman–Crippen MR) is 86.0 cm³/mol. The van der Waals surface area contributed by atoms with Gasteiger partial charge in [0, 0.05) is 12.3 Å². The molecule has 1 aromatic carbocycles. The van der Waals surface area contributed by atoms with E-state index in [2.05, 4.69) is 30.6 Å². The lowest BCUT2D eigenvalue weighted by atomic mass is 10.0. The van der Waals surface area contributed by atoms with Crippen molar-refractivity contribution in [1.82, 2.24) is 10.3 Å². The lowest BCUT2D eigenvalue weighted by Crippen LogP contribution is -2.27. The van der Waals surface area contributed by atoms with Gasteiger partial charge in [0.15, 0.2) is 0 Å². The third kappa shape index (κ3) is 3.51. The average molecular weight is 288 g/mol. The van der Waals surface area contributed by atoms with Gasteiger partial charge in [-0.1, -0.05) is 18.2 Å². The quantitative estimate of drug-likeness (QED) is 0.916. The summed E-state index contributed by atoms with van der Waals surface area (Å²) in [5.41, 5.74) is 3.14. The van der Waals surface area contributed by atoms with Crippen LogP contribution in [0.3, 0.4) is 0 Å². The lowest BCUT2D eigenvalue weighted by Gasteiger charge is -2.18. The summed E-state index contributed by atoms with van der Waals surface area (Å²) in [7, 11) is 0. The number of amides is 1. The van der Waals surface area contributed by atoms with Crippen LogP contribution in [0.25, 0.3) is 10.9 Å². The van der Waals surface area contributed by atoms with E-state index in [9.17, 15) is 4.79 Å². The summed E-state index contributed by atoms with van der Waals surface area (Å²) < 4.78 is 0. The fourth-order valence-corrected chi connectivity index (χ4v) is 2.80. The maximum Gasteiger partial charge on any atom is 0.217 e. The second kappa shape index (κ2) is 6.75. The number of pyridine rings is 1. The number of nitrogens with one attached hydrogen (secondary N) is 1. The smallest absolute Gasteiger partial charge is 0.217 e. The Morgan fingerprint density at radius 3 is 2.85 bits per heavy atom. The third-order valence-corrected chi connectivity index (χ3v) is 3.93. The largest absolute Gasteiger partial charge is 0.348 e. The molecule has 3 nitrogen and oxygen atoms in total. The fraction of sp³-hybridized carbons (Fsp3) is 0.375. The standard InChI is InChI=1S/C16H20N2OS/c1-11-10-16(15(8-9-20-3)17-12(2)19)18-14-7-5-4-6-13(11)14/h4-7,10,15H,8-9H2,1-3H3,(H,17,19). The highest BCUT2D eigenvalue weighted by molar-refractivity contribution is 7.98. The second-order valence-corrected chi connectivity index (χ2v) is 5.90. The number of nitrogens with zero attached hydrogens (tertiary/aromatic N) is 1. The number of carbonyl (C=O) groups excluding carboxylic acids is 1. The predicted octanol–water partition coefficient (Wildman–Crippen LogP) is 3.47. The van der Waals surface area contributed by atoms with E-state index in [0.717, 1.165) is 23.4 Å². The van der Waals surface area contributed by atoms with Crippen LogP contribution in [0.5, 0.6) is 0 Å². The monoisotopic (exact) mass is 288 g/mol. The zero-order valence-corrected chi connectivity index (χ0v) is 13.0. The molecule has 106 valence electrons. The molecule has 1 unspecified atom stereocenters. The number of aromatic nitrogens is 1. The number of benzene rings is 1. The highest BCUT2D eigenvalue weighted by Crippen LogP contribution is 2.23. The number of hydrogen-bond donors (Lipinski definition) is 1. The molecule has 2 aromatic rings. The van der Waals surface area contributed by atoms with Gasteiger partial charge in [0.2, 0.25) is 5.91 Å². The van der Waals surface area contributed by atoms with E-state index in [0.29, 0.717) is 0 Å². The number of para-hydroxylation sites is 1. The molecular weight excluding hydrogens is 268 g/mol. The van der Waals surface area contributed by atoms with Crippen LogP contribution in [-0.4, -0.2) is 22.9 Å². The number of rotatable bonds is 5. The molecule has 1 N–H and O–H groups in total. The second-order valence-electron chi connectivity index (χ2n) is 4.92. The molecule has 0 fully saturated rings. The van der Waals surface area contributed by atoms with E-state index in [1.807, 2.05) is 18.2 Å². The number of thioether (sulfide) groups is 1. The van der Waals surface area contributed by atoms with Crippen molar-refractivity contribution in [2.75, 3.05) is 12.0 Å². The lowest BCUT2D eigenvalue weighted by molar-refractivity contribution is -0.119. The van der Waals surface area contributed by atoms with Crippen molar-refractivity contribution >= 4 is 28.6 Å². The molecule has 0 saturated heterocycles. The van der Waals surface area contributed by atoms with Crippen molar-refractivity contribution in [3.8, 4) is 0 Å². The Morgan fingerprint density at radius 1 is 1.40 bits per heavy atom. The Hall–Kier alpha value is -1.55. The van der Waals surface area contributed by atoms with E-state index in [1.54, 1.807) is 18.7 Å². The molecular formula is C16H20N2OS. The summed E-state index contributed by atoms with van der Waals surface area (Å²) in [6.07, 6.45) is 2.97. The fourth-order valence-electron chi connectivity index (χ4n) is 2.33. The van der Waals surface area contributed by atoms with Crippen LogP contribution in [0.1, 0.15) is 30.6 Å². The van der Waals surface area contributed by atoms with Gasteiger partial charge in [-0.3, -0.25) is 9.78 Å². The van der Waals surface area contributed by atoms with Crippen LogP contribution < -0.4 is 5.32 Å². The normalized spacial score (nSPS) is 12.3. The molecule has 0 radical (unpaired) electrons. The van der Waals surface area contributed by atoms with Crippen molar-refractivity contribution in [2.45, 2.75) is 26.3 Å². The summed E-state index contributed by atoms with van der Waals surface area (Å²) in [4.78, 5) is 16.1. The zero-order chi connectivity index (χ0) is 14.5. The van der Waals surface area contributed by atoms with Gasteiger partial charge in [0.05, 0.1) is 17.3 Å². The number of hydrogen-bond acceptors (Lipinski definition) is 3. The molecule has 2 rings (SSSR count). The summed E-state index contributed by atoms with van der Waals surface area (Å²) >= 11 is 1.78. The van der Waals surface area contributed by atoms with Gasteiger partial charge in [0.1, 0.15) is 0 Å². The number of aryl methyl sites for hydroxylation is 1. The Bertz CT molecular complexity index is 612. The maximum atomic E-state index is 11.4. The maximum absolute atomic E-state index is 11.4. The van der Waals surface area contributed by atoms with E-state index in [-0.39, 0.29) is 11.9 Å². The van der Waals surface area contributed by atoms with Gasteiger partial charge in [0.25, 0.3) is 0 Å². The van der Waals surface area contributed by atoms with Gasteiger partial charge in [-0.25, -0.2) is 0 Å². The SMILES string of the molecule is CSCCC(NC(C)=O)c1cc(C)c2ccccc2n1. The molecule has 1 atom stereocenters. The van der Waals surface area contributed by atoms with Gasteiger partial charge in [-0.05, 0) is 43.0 Å². The molecule has 0 spiro atoms. The third-order valence-electron chi connectivity index (χ3n) is 3.29. The minimum atomic E-state index is -0.0109. The summed E-state index contributed by atoms with van der Waals surface area (Å²) in [5, 5.41) is 4.18. The van der Waals surface area contributed by atoms with E-state index >= 15 is 0 Å². The Labute approximate surface area is 124 Å². The summed E-state index contributed by atoms with van der Waals surface area (Å²) in [6.45, 7) is 3.65. The van der Waals surface area contributed by atoms with Crippen LogP contribution in [0.15, 0.2) is 30.3 Å². The van der Waals surface area contributed by atoms with Gasteiger partial charge in [-0.15, -0.1) is 0 Å². The zero-order valence-electron chi connectivity index (χ0n) is 12.1. The van der Waals surface area contributed by atoms with Crippen LogP contribution >= 0.6 is 11.8 Å². The molecule has 1 amide bonds. The van der Waals surface area contributed by atoms with Crippen molar-refractivity contribution in [1.29, 1.82) is 0 Å². The summed E-state index contributed by atoms with van der Waals surface area (Å²) in [5.74, 6) is 0.988. The Morgan fingerprint density at radius 2 is 2.15 bits per heavy atom. The molecule has 0 aliphatic heterocycles. The van der Waals surface area contributed by atoms with Crippen molar-refractivity contribution in [2.24, 2.45) is 0 Å². The minimum Gasteiger partial charge on any atom is -0.348 e. The first-order valence-corrected chi connectivity index (χ1v) is 8.13. The number of carbonyl (C=O) groups is 1. The first-order valence-electron chi connectivity index (χ1n) is 6.74. The summed E-state index contributed by atoms with van der Waals surface area (Å²) in [6, 6.07) is 10.2. The molecule has 0 aliphatic carbocycles. The minimum absolute atomic E-state index is 0.0104. The van der Waals surface area contributed by atoms with Crippen LogP contribution in [0, 0.1) is 6.92 Å². The van der Waals surface area contributed by atoms with Gasteiger partial charge < -0.3 is 5.32 Å². The highest BCUT2D eigenvalue weighted by Gasteiger charge is 2.15. The average Bonchev–Trinajstić information content (AvgIpc) is 2.43. The first-order chi connectivity index (χ1) is 9.61. The van der Waals surface area contributed by atoms with Crippen molar-refractivity contribution in [3.63, 3.8) is 0 Å². The Balaban J connectivity index is 2.39. The van der Waals surface area contributed by atoms with E-state index in [1.165, 1.54) is 10.9 Å². The van der Waals surface area contributed by atoms with E-state index in [4.69, 9.17) is 4.98 Å². The van der Waals surface area contributed by atoms with Gasteiger partial charge in [-0.2, -0.15) is 11.8 Å². The Kier molecular flexibility index (Phi) is 5.01. The van der Waals surface area contributed by atoms with Crippen LogP contribution in [-0.2, 0) is 4.79 Å². The number of fused-ring (bicyclic) bond motifs is 1. The topological polar surface area (TPSA) is 42.0 Å². The molecule has 0 bridgehead atoms. The molecule has 1 aromatic heterocycles. The van der Waals surface area contributed by atoms with Gasteiger partial charge >= 0.3 is 0 Å². The first kappa shape index (κ1) is 14.9. The molecule has 1 heterocycles. The molecule has 0 saturated carbocycles. The van der Waals surface area contributed by atoms with Crippen LogP contribution in [0.2, 0.25) is 0 Å². The van der Waals surface area contributed by atoms with Crippen LogP contribution in [0.4, 0.5) is 0 Å². The van der Waals surface area contributed by atoms with Crippen molar-refractivity contribution < 1.29 is 4.79 Å². The van der Waals surface area contributed by atoms with Crippen molar-refractivity contribution in [3.05, 3.63) is 41.6 Å². The highest BCUT2D eigenvalue weighted by atomic mass is 32.2.